The summed E-state index contributed by atoms with van der Waals surface area (Å²) in [6.07, 6.45) is 4.90. The maximum atomic E-state index is 14.2. The van der Waals surface area contributed by atoms with E-state index in [0.29, 0.717) is 29.3 Å². The molecule has 1 amide bonds. The molecule has 0 unspecified atom stereocenters. The molecule has 0 aliphatic heterocycles. The van der Waals surface area contributed by atoms with Gasteiger partial charge in [0.05, 0.1) is 18.1 Å². The number of hydrogen-bond acceptors (Lipinski definition) is 3. The molecule has 170 valence electrons. The third kappa shape index (κ3) is 4.08. The first-order chi connectivity index (χ1) is 15.3. The van der Waals surface area contributed by atoms with Crippen LogP contribution in [-0.2, 0) is 17.9 Å². The lowest BCUT2D eigenvalue weighted by atomic mass is 9.78. The highest BCUT2D eigenvalue weighted by atomic mass is 19.1. The van der Waals surface area contributed by atoms with Crippen LogP contribution in [0.15, 0.2) is 35.3 Å². The van der Waals surface area contributed by atoms with E-state index in [2.05, 4.69) is 24.3 Å². The largest absolute Gasteiger partial charge is 0.351 e. The van der Waals surface area contributed by atoms with E-state index in [1.165, 1.54) is 17.2 Å². The van der Waals surface area contributed by atoms with Crippen molar-refractivity contribution < 1.29 is 9.18 Å². The molecule has 7 heteroatoms. The van der Waals surface area contributed by atoms with E-state index >= 15 is 0 Å². The van der Waals surface area contributed by atoms with E-state index in [4.69, 9.17) is 0 Å². The third-order valence-electron chi connectivity index (χ3n) is 7.24. The van der Waals surface area contributed by atoms with Crippen LogP contribution in [-0.4, -0.2) is 26.3 Å². The molecule has 1 fully saturated rings. The SMILES string of the molecule is Cc1c2cnn(CC(=O)N[C@@H]3CCC[C@H](C)[C@H]3C)c(=O)c2c(C)n1Cc1ccccc1F. The van der Waals surface area contributed by atoms with Gasteiger partial charge in [0.25, 0.3) is 5.56 Å². The Balaban J connectivity index is 1.60. The second kappa shape index (κ2) is 8.88. The van der Waals surface area contributed by atoms with Gasteiger partial charge in [-0.15, -0.1) is 0 Å². The van der Waals surface area contributed by atoms with E-state index in [-0.39, 0.29) is 29.9 Å². The van der Waals surface area contributed by atoms with Gasteiger partial charge >= 0.3 is 0 Å². The predicted octanol–water partition coefficient (Wildman–Crippen LogP) is 3.94. The number of nitrogens with one attached hydrogen (secondary N) is 1. The Morgan fingerprint density at radius 2 is 1.94 bits per heavy atom. The van der Waals surface area contributed by atoms with Gasteiger partial charge in [-0.05, 0) is 38.2 Å². The van der Waals surface area contributed by atoms with Crippen molar-refractivity contribution >= 4 is 16.7 Å². The molecule has 2 aromatic heterocycles. The zero-order valence-electron chi connectivity index (χ0n) is 19.2. The van der Waals surface area contributed by atoms with E-state index in [9.17, 15) is 14.0 Å². The number of halogens is 1. The molecule has 1 saturated carbocycles. The number of rotatable bonds is 5. The molecule has 0 saturated heterocycles. The van der Waals surface area contributed by atoms with Crippen molar-refractivity contribution in [3.63, 3.8) is 0 Å². The topological polar surface area (TPSA) is 68.9 Å². The van der Waals surface area contributed by atoms with Crippen LogP contribution in [0.4, 0.5) is 4.39 Å². The first kappa shape index (κ1) is 22.2. The van der Waals surface area contributed by atoms with Gasteiger partial charge in [0.1, 0.15) is 12.4 Å². The summed E-state index contributed by atoms with van der Waals surface area (Å²) in [4.78, 5) is 25.9. The van der Waals surface area contributed by atoms with E-state index in [0.717, 1.165) is 29.6 Å². The average Bonchev–Trinajstić information content (AvgIpc) is 3.00. The van der Waals surface area contributed by atoms with Crippen LogP contribution in [0.2, 0.25) is 0 Å². The van der Waals surface area contributed by atoms with Crippen molar-refractivity contribution in [2.75, 3.05) is 0 Å². The summed E-state index contributed by atoms with van der Waals surface area (Å²) in [7, 11) is 0. The number of nitrogens with zero attached hydrogens (tertiary/aromatic N) is 3. The fraction of sp³-hybridized carbons (Fsp3) is 0.480. The number of carbonyl (C=O) groups is 1. The molecule has 0 bridgehead atoms. The summed E-state index contributed by atoms with van der Waals surface area (Å²) < 4.78 is 17.4. The monoisotopic (exact) mass is 438 g/mol. The van der Waals surface area contributed by atoms with Crippen molar-refractivity contribution in [3.05, 3.63) is 63.6 Å². The molecule has 2 heterocycles. The first-order valence-corrected chi connectivity index (χ1v) is 11.4. The number of aromatic nitrogens is 3. The van der Waals surface area contributed by atoms with Gasteiger partial charge in [0.15, 0.2) is 0 Å². The standard InChI is InChI=1S/C25H31FN4O2/c1-15-8-7-11-22(16(15)2)28-23(31)14-30-25(32)24-18(4)29(17(3)20(24)12-27-30)13-19-9-5-6-10-21(19)26/h5-6,9-10,12,15-16,22H,7-8,11,13-14H2,1-4H3,(H,28,31)/t15-,16+,22+/m0/s1. The summed E-state index contributed by atoms with van der Waals surface area (Å²) in [6.45, 7) is 8.38. The highest BCUT2D eigenvalue weighted by Gasteiger charge is 2.28. The number of hydrogen-bond donors (Lipinski definition) is 1. The molecule has 1 aliphatic rings. The minimum atomic E-state index is -0.296. The normalized spacial score (nSPS) is 21.1. The molecule has 6 nitrogen and oxygen atoms in total. The van der Waals surface area contributed by atoms with Crippen molar-refractivity contribution in [2.24, 2.45) is 11.8 Å². The molecular formula is C25H31FN4O2. The van der Waals surface area contributed by atoms with Crippen molar-refractivity contribution in [1.82, 2.24) is 19.7 Å². The minimum Gasteiger partial charge on any atom is -0.351 e. The summed E-state index contributed by atoms with van der Waals surface area (Å²) >= 11 is 0. The number of fused-ring (bicyclic) bond motifs is 1. The van der Waals surface area contributed by atoms with E-state index < -0.39 is 0 Å². The van der Waals surface area contributed by atoms with Gasteiger partial charge in [0, 0.05) is 28.4 Å². The van der Waals surface area contributed by atoms with Gasteiger partial charge in [-0.25, -0.2) is 9.07 Å². The predicted molar refractivity (Wildman–Crippen MR) is 123 cm³/mol. The van der Waals surface area contributed by atoms with Gasteiger partial charge in [-0.2, -0.15) is 5.10 Å². The maximum Gasteiger partial charge on any atom is 0.276 e. The molecule has 1 N–H and O–H groups in total. The Kier molecular flexibility index (Phi) is 6.17. The highest BCUT2D eigenvalue weighted by molar-refractivity contribution is 5.87. The van der Waals surface area contributed by atoms with Crippen molar-refractivity contribution in [1.29, 1.82) is 0 Å². The Hall–Kier alpha value is -2.96. The number of amides is 1. The van der Waals surface area contributed by atoms with E-state index in [1.807, 2.05) is 18.4 Å². The minimum absolute atomic E-state index is 0.108. The average molecular weight is 439 g/mol. The molecule has 3 aromatic rings. The number of benzene rings is 1. The molecular weight excluding hydrogens is 407 g/mol. The summed E-state index contributed by atoms with van der Waals surface area (Å²) in [5.74, 6) is 0.524. The Bertz CT molecular complexity index is 1210. The van der Waals surface area contributed by atoms with Gasteiger partial charge in [-0.3, -0.25) is 9.59 Å². The first-order valence-electron chi connectivity index (χ1n) is 11.4. The lowest BCUT2D eigenvalue weighted by Crippen LogP contribution is -2.45. The van der Waals surface area contributed by atoms with Gasteiger partial charge < -0.3 is 9.88 Å². The number of aryl methyl sites for hydroxylation is 2. The Morgan fingerprint density at radius 3 is 2.69 bits per heavy atom. The van der Waals surface area contributed by atoms with Crippen molar-refractivity contribution in [3.8, 4) is 0 Å². The van der Waals surface area contributed by atoms with Crippen molar-refractivity contribution in [2.45, 2.75) is 66.1 Å². The second-order valence-corrected chi connectivity index (χ2v) is 9.19. The molecule has 1 aliphatic carbocycles. The summed E-state index contributed by atoms with van der Waals surface area (Å²) in [6, 6.07) is 6.77. The fourth-order valence-corrected chi connectivity index (χ4v) is 4.97. The van der Waals surface area contributed by atoms with Gasteiger partial charge in [0.2, 0.25) is 5.91 Å². The van der Waals surface area contributed by atoms with Crippen LogP contribution in [0, 0.1) is 31.5 Å². The molecule has 4 rings (SSSR count). The molecule has 1 aromatic carbocycles. The lowest BCUT2D eigenvalue weighted by molar-refractivity contribution is -0.123. The second-order valence-electron chi connectivity index (χ2n) is 9.19. The number of carbonyl (C=O) groups excluding carboxylic acids is 1. The van der Waals surface area contributed by atoms with E-state index in [1.54, 1.807) is 24.4 Å². The summed E-state index contributed by atoms with van der Waals surface area (Å²) in [5.41, 5.74) is 1.86. The Labute approximate surface area is 187 Å². The lowest BCUT2D eigenvalue weighted by Gasteiger charge is -2.34. The van der Waals surface area contributed by atoms with Crippen LogP contribution in [0.3, 0.4) is 0 Å². The van der Waals surface area contributed by atoms with Crippen LogP contribution in [0.1, 0.15) is 50.1 Å². The third-order valence-corrected chi connectivity index (χ3v) is 7.24. The van der Waals surface area contributed by atoms with Crippen LogP contribution in [0.5, 0.6) is 0 Å². The van der Waals surface area contributed by atoms with Crippen LogP contribution in [0.25, 0.3) is 10.8 Å². The van der Waals surface area contributed by atoms with Gasteiger partial charge in [-0.1, -0.05) is 44.9 Å². The quantitative estimate of drug-likeness (QED) is 0.656. The maximum absolute atomic E-state index is 14.2. The zero-order chi connectivity index (χ0) is 23.0. The van der Waals surface area contributed by atoms with Crippen LogP contribution < -0.4 is 10.9 Å². The highest BCUT2D eigenvalue weighted by Crippen LogP contribution is 2.29. The summed E-state index contributed by atoms with van der Waals surface area (Å²) in [5, 5.41) is 8.64. The van der Waals surface area contributed by atoms with Crippen LogP contribution >= 0.6 is 0 Å². The molecule has 32 heavy (non-hydrogen) atoms. The fourth-order valence-electron chi connectivity index (χ4n) is 4.97. The zero-order valence-corrected chi connectivity index (χ0v) is 19.2. The Morgan fingerprint density at radius 1 is 1.19 bits per heavy atom. The molecule has 0 radical (unpaired) electrons. The smallest absolute Gasteiger partial charge is 0.276 e. The molecule has 3 atom stereocenters. The molecule has 0 spiro atoms.